The van der Waals surface area contributed by atoms with Crippen molar-refractivity contribution in [2.24, 2.45) is 5.92 Å². The van der Waals surface area contributed by atoms with Crippen LogP contribution in [0, 0.1) is 11.7 Å². The lowest BCUT2D eigenvalue weighted by Crippen LogP contribution is -2.68. The molecule has 1 aromatic carbocycles. The van der Waals surface area contributed by atoms with E-state index in [1.165, 1.54) is 33.2 Å². The zero-order valence-electron chi connectivity index (χ0n) is 33.4. The van der Waals surface area contributed by atoms with Gasteiger partial charge in [-0.1, -0.05) is 12.2 Å². The minimum absolute atomic E-state index is 0.0289. The van der Waals surface area contributed by atoms with Gasteiger partial charge in [0.2, 0.25) is 27.7 Å². The van der Waals surface area contributed by atoms with Crippen molar-refractivity contribution in [3.8, 4) is 11.6 Å². The zero-order valence-corrected chi connectivity index (χ0v) is 34.2. The number of amides is 4. The summed E-state index contributed by atoms with van der Waals surface area (Å²) in [5.74, 6) is -8.05. The minimum atomic E-state index is -4.13. The number of nitrogens with one attached hydrogen (secondary N) is 2. The number of carboxylic acid groups (broad SMARTS) is 1. The molecule has 2 aliphatic heterocycles. The van der Waals surface area contributed by atoms with Crippen molar-refractivity contribution >= 4 is 44.6 Å². The highest BCUT2D eigenvalue weighted by molar-refractivity contribution is 7.91. The third-order valence-corrected chi connectivity index (χ3v) is 14.3. The SMILES string of the molecule is COc1cc2ccnc(O[C@@H]3C[C@H]4C(=O)N[C@]5(C(=O)NS(=O)(=O)C6(C)CC6)C[C@H]5/C=C\CC[C@@H](C)O[C@@H](C)[C@H](N(C(=O)O)C(C)(C)C(C)(F)F)C(=O)N4C3)c2cc1F. The van der Waals surface area contributed by atoms with Crippen molar-refractivity contribution in [1.82, 2.24) is 24.8 Å². The Morgan fingerprint density at radius 1 is 1.17 bits per heavy atom. The smallest absolute Gasteiger partial charge is 0.408 e. The number of ether oxygens (including phenoxy) is 3. The van der Waals surface area contributed by atoms with Crippen LogP contribution in [0.4, 0.5) is 18.0 Å². The number of carbonyl (C=O) groups is 4. The number of halogens is 3. The summed E-state index contributed by atoms with van der Waals surface area (Å²) in [6.07, 6.45) is 1.14. The lowest BCUT2D eigenvalue weighted by atomic mass is 9.91. The molecule has 4 amide bonds. The molecule has 2 aliphatic carbocycles. The maximum Gasteiger partial charge on any atom is 0.408 e. The predicted molar refractivity (Wildman–Crippen MR) is 203 cm³/mol. The van der Waals surface area contributed by atoms with Crippen LogP contribution in [0.5, 0.6) is 11.6 Å². The van der Waals surface area contributed by atoms with Crippen molar-refractivity contribution in [3.63, 3.8) is 0 Å². The fourth-order valence-corrected chi connectivity index (χ4v) is 9.02. The second-order valence-corrected chi connectivity index (χ2v) is 18.9. The first-order valence-electron chi connectivity index (χ1n) is 19.2. The van der Waals surface area contributed by atoms with Gasteiger partial charge in [-0.05, 0) is 90.3 Å². The Morgan fingerprint density at radius 3 is 2.48 bits per heavy atom. The van der Waals surface area contributed by atoms with Gasteiger partial charge in [0.1, 0.15) is 29.3 Å². The molecule has 1 aromatic heterocycles. The molecule has 4 aliphatic rings. The van der Waals surface area contributed by atoms with E-state index in [2.05, 4.69) is 15.0 Å². The fourth-order valence-electron chi connectivity index (χ4n) is 7.70. The van der Waals surface area contributed by atoms with E-state index in [1.807, 2.05) is 0 Å². The van der Waals surface area contributed by atoms with E-state index >= 15 is 8.78 Å². The van der Waals surface area contributed by atoms with Crippen molar-refractivity contribution in [1.29, 1.82) is 0 Å². The Bertz CT molecular complexity index is 2130. The van der Waals surface area contributed by atoms with E-state index in [0.29, 0.717) is 42.9 Å². The normalized spacial score (nSPS) is 29.5. The van der Waals surface area contributed by atoms with Crippen LogP contribution in [0.25, 0.3) is 10.8 Å². The Balaban J connectivity index is 1.43. The van der Waals surface area contributed by atoms with Crippen LogP contribution in [0.3, 0.4) is 0 Å². The number of allylic oxidation sites excluding steroid dienone is 1. The van der Waals surface area contributed by atoms with Crippen LogP contribution >= 0.6 is 0 Å². The van der Waals surface area contributed by atoms with Gasteiger partial charge in [-0.3, -0.25) is 24.0 Å². The van der Waals surface area contributed by atoms with Crippen molar-refractivity contribution < 1.29 is 60.1 Å². The molecule has 3 N–H and O–H groups in total. The highest BCUT2D eigenvalue weighted by Gasteiger charge is 2.63. The van der Waals surface area contributed by atoms with Crippen LogP contribution in [0.2, 0.25) is 0 Å². The van der Waals surface area contributed by atoms with Gasteiger partial charge in [-0.15, -0.1) is 0 Å². The summed E-state index contributed by atoms with van der Waals surface area (Å²) >= 11 is 0. The Kier molecular flexibility index (Phi) is 11.2. The molecule has 2 aromatic rings. The minimum Gasteiger partial charge on any atom is -0.494 e. The molecule has 0 bridgehead atoms. The molecule has 0 radical (unpaired) electrons. The van der Waals surface area contributed by atoms with E-state index in [-0.39, 0.29) is 29.9 Å². The maximum atomic E-state index is 15.3. The number of hydrogen-bond acceptors (Lipinski definition) is 10. The Morgan fingerprint density at radius 2 is 1.86 bits per heavy atom. The van der Waals surface area contributed by atoms with Gasteiger partial charge < -0.3 is 29.5 Å². The first-order valence-corrected chi connectivity index (χ1v) is 20.6. The first kappa shape index (κ1) is 42.9. The number of aromatic nitrogens is 1. The summed E-state index contributed by atoms with van der Waals surface area (Å²) in [6.45, 7) is 6.67. The number of alkyl halides is 2. The van der Waals surface area contributed by atoms with E-state index in [0.717, 1.165) is 24.8 Å². The summed E-state index contributed by atoms with van der Waals surface area (Å²) in [4.78, 5) is 62.1. The molecule has 318 valence electrons. The number of methoxy groups -OCH3 is 1. The highest BCUT2D eigenvalue weighted by Crippen LogP contribution is 2.48. The summed E-state index contributed by atoms with van der Waals surface area (Å²) in [5.41, 5.74) is -4.22. The lowest BCUT2D eigenvalue weighted by molar-refractivity contribution is -0.164. The van der Waals surface area contributed by atoms with E-state index in [1.54, 1.807) is 25.1 Å². The molecule has 1 saturated heterocycles. The molecule has 15 nitrogen and oxygen atoms in total. The lowest BCUT2D eigenvalue weighted by Gasteiger charge is -2.47. The number of pyridine rings is 1. The van der Waals surface area contributed by atoms with Gasteiger partial charge in [0.25, 0.3) is 11.8 Å². The molecule has 7 atom stereocenters. The number of hydrogen-bond donors (Lipinski definition) is 3. The van der Waals surface area contributed by atoms with Crippen molar-refractivity contribution in [2.75, 3.05) is 13.7 Å². The van der Waals surface area contributed by atoms with Gasteiger partial charge in [0, 0.05) is 30.8 Å². The van der Waals surface area contributed by atoms with E-state index in [4.69, 9.17) is 14.2 Å². The third-order valence-electron chi connectivity index (χ3n) is 12.1. The van der Waals surface area contributed by atoms with Crippen molar-refractivity contribution in [2.45, 2.75) is 132 Å². The van der Waals surface area contributed by atoms with Gasteiger partial charge in [0.05, 0.1) is 30.6 Å². The standard InChI is InChI=1S/C39H50F3N5O10S/c1-21-10-8-9-11-24-19-39(24,34(50)45-58(53,54)37(5)13-14-37)44-31(48)28-17-25(57-32-26-18-27(40)29(55-7)16-23(26)12-15-43-32)20-46(28)33(49)30(22(2)56-21)47(35(51)52)36(3,4)38(6,41)42/h9,11-12,15-16,18,21-22,24-25,28,30H,8,10,13-14,17,19-20H2,1-7H3,(H,44,48)(H,45,50)(H,51,52)/b11-9-/t21-,22+,24-,25-,28+,30+,39-/m1/s1. The molecule has 0 unspecified atom stereocenters. The summed E-state index contributed by atoms with van der Waals surface area (Å²) in [7, 11) is -2.83. The van der Waals surface area contributed by atoms with E-state index < -0.39 is 104 Å². The summed E-state index contributed by atoms with van der Waals surface area (Å²) < 4.78 is 90.4. The van der Waals surface area contributed by atoms with Crippen LogP contribution < -0.4 is 19.5 Å². The molecule has 3 heterocycles. The zero-order chi connectivity index (χ0) is 42.7. The maximum absolute atomic E-state index is 15.3. The molecule has 6 rings (SSSR count). The monoisotopic (exact) mass is 837 g/mol. The molecular weight excluding hydrogens is 788 g/mol. The van der Waals surface area contributed by atoms with Crippen molar-refractivity contribution in [3.05, 3.63) is 42.4 Å². The fraction of sp³-hybridized carbons (Fsp3) is 0.615. The molecule has 58 heavy (non-hydrogen) atoms. The number of sulfonamides is 1. The van der Waals surface area contributed by atoms with Crippen LogP contribution in [-0.2, 0) is 29.1 Å². The number of nitrogens with zero attached hydrogens (tertiary/aromatic N) is 3. The highest BCUT2D eigenvalue weighted by atomic mass is 32.2. The molecular formula is C39H50F3N5O10S. The van der Waals surface area contributed by atoms with Gasteiger partial charge in [-0.2, -0.15) is 0 Å². The van der Waals surface area contributed by atoms with Crippen LogP contribution in [0.15, 0.2) is 36.5 Å². The number of rotatable bonds is 9. The second-order valence-electron chi connectivity index (χ2n) is 16.7. The first-order chi connectivity index (χ1) is 27.0. The van der Waals surface area contributed by atoms with Gasteiger partial charge in [-0.25, -0.2) is 31.4 Å². The number of carbonyl (C=O) groups excluding carboxylic acids is 3. The third kappa shape index (κ3) is 7.90. The average molecular weight is 838 g/mol. The Hall–Kier alpha value is -4.65. The number of benzene rings is 1. The largest absolute Gasteiger partial charge is 0.494 e. The topological polar surface area (TPSA) is 194 Å². The van der Waals surface area contributed by atoms with Gasteiger partial charge in [0.15, 0.2) is 11.6 Å². The molecule has 3 fully saturated rings. The van der Waals surface area contributed by atoms with Crippen LogP contribution in [0.1, 0.15) is 80.1 Å². The quantitative estimate of drug-likeness (QED) is 0.301. The van der Waals surface area contributed by atoms with Crippen LogP contribution in [-0.4, -0.2) is 118 Å². The Labute approximate surface area is 334 Å². The predicted octanol–water partition coefficient (Wildman–Crippen LogP) is 4.53. The van der Waals surface area contributed by atoms with E-state index in [9.17, 15) is 37.1 Å². The number of fused-ring (bicyclic) bond motifs is 3. The molecule has 0 spiro atoms. The van der Waals surface area contributed by atoms with Gasteiger partial charge >= 0.3 is 6.09 Å². The average Bonchev–Trinajstić information content (AvgIpc) is 4.01. The summed E-state index contributed by atoms with van der Waals surface area (Å²) in [6, 6.07) is 0.740. The summed E-state index contributed by atoms with van der Waals surface area (Å²) in [5, 5.41) is 14.0. The molecule has 2 saturated carbocycles. The second kappa shape index (κ2) is 15.2. The molecule has 19 heteroatoms.